The predicted molar refractivity (Wildman–Crippen MR) is 249 cm³/mol. The largest absolute Gasteiger partial charge is 0.394 e. The molecule has 0 radical (unpaired) electrons. The van der Waals surface area contributed by atoms with Gasteiger partial charge in [-0.2, -0.15) is 0 Å². The summed E-state index contributed by atoms with van der Waals surface area (Å²) in [6, 6.07) is -0.716. The van der Waals surface area contributed by atoms with E-state index in [0.717, 1.165) is 44.9 Å². The highest BCUT2D eigenvalue weighted by atomic mass is 16.7. The number of rotatable bonds is 43. The van der Waals surface area contributed by atoms with Crippen molar-refractivity contribution in [2.45, 2.75) is 281 Å². The minimum absolute atomic E-state index is 0.136. The van der Waals surface area contributed by atoms with Crippen molar-refractivity contribution in [2.75, 3.05) is 13.2 Å². The van der Waals surface area contributed by atoms with Crippen molar-refractivity contribution < 1.29 is 39.8 Å². The van der Waals surface area contributed by atoms with Crippen molar-refractivity contribution in [3.63, 3.8) is 0 Å². The lowest BCUT2D eigenvalue weighted by Gasteiger charge is -2.40. The molecule has 0 bridgehead atoms. The monoisotopic (exact) mass is 852 g/mol. The minimum atomic E-state index is -1.55. The van der Waals surface area contributed by atoms with E-state index in [-0.39, 0.29) is 12.5 Å². The molecule has 6 N–H and O–H groups in total. The quantitative estimate of drug-likeness (QED) is 0.0262. The van der Waals surface area contributed by atoms with E-state index < -0.39 is 49.5 Å². The Morgan fingerprint density at radius 3 is 1.43 bits per heavy atom. The van der Waals surface area contributed by atoms with E-state index >= 15 is 0 Å². The van der Waals surface area contributed by atoms with Crippen LogP contribution in [-0.2, 0) is 14.3 Å². The summed E-state index contributed by atoms with van der Waals surface area (Å²) >= 11 is 0. The average Bonchev–Trinajstić information content (AvgIpc) is 3.25. The average molecular weight is 852 g/mol. The van der Waals surface area contributed by atoms with Crippen LogP contribution in [0.5, 0.6) is 0 Å². The van der Waals surface area contributed by atoms with Gasteiger partial charge in [0, 0.05) is 6.42 Å². The fourth-order valence-electron chi connectivity index (χ4n) is 8.19. The maximum Gasteiger partial charge on any atom is 0.220 e. The van der Waals surface area contributed by atoms with Gasteiger partial charge in [-0.25, -0.2) is 0 Å². The van der Waals surface area contributed by atoms with Crippen molar-refractivity contribution in [3.8, 4) is 0 Å². The summed E-state index contributed by atoms with van der Waals surface area (Å²) in [6.07, 6.45) is 43.4. The summed E-state index contributed by atoms with van der Waals surface area (Å²) in [4.78, 5) is 13.0. The van der Waals surface area contributed by atoms with Crippen LogP contribution in [0.25, 0.3) is 0 Å². The number of amides is 1. The van der Waals surface area contributed by atoms with Crippen LogP contribution in [0.15, 0.2) is 24.3 Å². The number of carbonyl (C=O) groups excluding carboxylic acids is 1. The minimum Gasteiger partial charge on any atom is -0.394 e. The van der Waals surface area contributed by atoms with Gasteiger partial charge in [0.05, 0.1) is 25.4 Å². The third-order valence-corrected chi connectivity index (χ3v) is 12.3. The molecule has 9 nitrogen and oxygen atoms in total. The molecular formula is C51H97NO8. The Bertz CT molecular complexity index is 992. The molecule has 354 valence electrons. The predicted octanol–water partition coefficient (Wildman–Crippen LogP) is 11.5. The first-order chi connectivity index (χ1) is 29.3. The van der Waals surface area contributed by atoms with Crippen molar-refractivity contribution >= 4 is 5.91 Å². The van der Waals surface area contributed by atoms with Gasteiger partial charge < -0.3 is 40.3 Å². The Labute approximate surface area is 369 Å². The third kappa shape index (κ3) is 31.5. The highest BCUT2D eigenvalue weighted by Crippen LogP contribution is 2.23. The van der Waals surface area contributed by atoms with E-state index in [1.807, 2.05) is 0 Å². The zero-order chi connectivity index (χ0) is 43.7. The van der Waals surface area contributed by atoms with Gasteiger partial charge >= 0.3 is 0 Å². The topological polar surface area (TPSA) is 149 Å². The zero-order valence-electron chi connectivity index (χ0n) is 39.0. The molecule has 0 saturated carbocycles. The Hall–Kier alpha value is -1.33. The molecule has 60 heavy (non-hydrogen) atoms. The van der Waals surface area contributed by atoms with Crippen molar-refractivity contribution in [1.82, 2.24) is 5.32 Å². The van der Waals surface area contributed by atoms with Gasteiger partial charge in [0.1, 0.15) is 24.4 Å². The lowest BCUT2D eigenvalue weighted by molar-refractivity contribution is -0.302. The Balaban J connectivity index is 2.20. The van der Waals surface area contributed by atoms with Gasteiger partial charge in [-0.3, -0.25) is 4.79 Å². The SMILES string of the molecule is CCCCCCC/C=C\C/C=C\CCCCCCCCCCCCCCCC(=O)NC(COC1OC(CO)C(O)C(O)C1O)C(O)CCCCCCCCCCCCCC. The van der Waals surface area contributed by atoms with E-state index in [4.69, 9.17) is 9.47 Å². The van der Waals surface area contributed by atoms with E-state index in [9.17, 15) is 30.3 Å². The Morgan fingerprint density at radius 2 is 0.983 bits per heavy atom. The summed E-state index contributed by atoms with van der Waals surface area (Å²) in [6.45, 7) is 3.83. The molecule has 1 amide bonds. The second-order valence-corrected chi connectivity index (χ2v) is 18.0. The van der Waals surface area contributed by atoms with E-state index in [2.05, 4.69) is 43.5 Å². The molecule has 1 aliphatic rings. The summed E-state index contributed by atoms with van der Waals surface area (Å²) in [7, 11) is 0. The number of carbonyl (C=O) groups is 1. The lowest BCUT2D eigenvalue weighted by atomic mass is 9.99. The molecule has 0 aromatic carbocycles. The molecule has 7 atom stereocenters. The van der Waals surface area contributed by atoms with Gasteiger partial charge in [0.25, 0.3) is 0 Å². The Morgan fingerprint density at radius 1 is 0.567 bits per heavy atom. The first kappa shape index (κ1) is 56.7. The second-order valence-electron chi connectivity index (χ2n) is 18.0. The third-order valence-electron chi connectivity index (χ3n) is 12.3. The molecule has 7 unspecified atom stereocenters. The molecule has 0 spiro atoms. The van der Waals surface area contributed by atoms with Crippen LogP contribution in [-0.4, -0.2) is 87.5 Å². The number of nitrogens with one attached hydrogen (secondary N) is 1. The zero-order valence-corrected chi connectivity index (χ0v) is 39.0. The molecule has 0 aliphatic carbocycles. The normalized spacial score (nSPS) is 20.7. The van der Waals surface area contributed by atoms with Crippen LogP contribution in [0.4, 0.5) is 0 Å². The number of ether oxygens (including phenoxy) is 2. The molecule has 1 aliphatic heterocycles. The smallest absolute Gasteiger partial charge is 0.220 e. The molecule has 9 heteroatoms. The second kappa shape index (κ2) is 41.7. The van der Waals surface area contributed by atoms with Crippen LogP contribution in [0.1, 0.15) is 239 Å². The maximum absolute atomic E-state index is 13.0. The molecule has 1 saturated heterocycles. The summed E-state index contributed by atoms with van der Waals surface area (Å²) in [5.74, 6) is -0.144. The van der Waals surface area contributed by atoms with Gasteiger partial charge in [0.15, 0.2) is 6.29 Å². The number of hydrogen-bond donors (Lipinski definition) is 6. The number of aliphatic hydroxyl groups excluding tert-OH is 5. The standard InChI is InChI=1S/C51H97NO8/c1-3-5-7-9-11-13-15-17-18-19-20-21-22-23-24-25-26-27-28-29-31-33-35-37-39-41-47(55)52-44(43-59-51-50(58)49(57)48(56)46(42-53)60-51)45(54)40-38-36-34-32-30-16-14-12-10-8-6-4-2/h15,17,19-20,44-46,48-51,53-54,56-58H,3-14,16,18,21-43H2,1-2H3,(H,52,55)/b17-15-,20-19-. The molecule has 0 aromatic heterocycles. The number of allylic oxidation sites excluding steroid dienone is 4. The maximum atomic E-state index is 13.0. The fraction of sp³-hybridized carbons (Fsp3) is 0.902. The van der Waals surface area contributed by atoms with Crippen molar-refractivity contribution in [1.29, 1.82) is 0 Å². The number of aliphatic hydroxyl groups is 5. The summed E-state index contributed by atoms with van der Waals surface area (Å²) in [5, 5.41) is 54.4. The van der Waals surface area contributed by atoms with Crippen LogP contribution in [0.2, 0.25) is 0 Å². The van der Waals surface area contributed by atoms with Gasteiger partial charge in [-0.1, -0.05) is 212 Å². The number of hydrogen-bond acceptors (Lipinski definition) is 8. The molecule has 0 aromatic rings. The van der Waals surface area contributed by atoms with Gasteiger partial charge in [-0.05, 0) is 44.9 Å². The first-order valence-electron chi connectivity index (χ1n) is 25.5. The van der Waals surface area contributed by atoms with Crippen molar-refractivity contribution in [2.24, 2.45) is 0 Å². The van der Waals surface area contributed by atoms with E-state index in [1.54, 1.807) is 0 Å². The van der Waals surface area contributed by atoms with Crippen molar-refractivity contribution in [3.05, 3.63) is 24.3 Å². The van der Waals surface area contributed by atoms with Crippen LogP contribution >= 0.6 is 0 Å². The lowest BCUT2D eigenvalue weighted by Crippen LogP contribution is -2.60. The van der Waals surface area contributed by atoms with Gasteiger partial charge in [0.2, 0.25) is 5.91 Å². The first-order valence-corrected chi connectivity index (χ1v) is 25.5. The Kier molecular flexibility index (Phi) is 39.4. The number of unbranched alkanes of at least 4 members (excludes halogenated alkanes) is 29. The molecular weight excluding hydrogens is 755 g/mol. The van der Waals surface area contributed by atoms with Gasteiger partial charge in [-0.15, -0.1) is 0 Å². The summed E-state index contributed by atoms with van der Waals surface area (Å²) < 4.78 is 11.3. The molecule has 1 heterocycles. The fourth-order valence-corrected chi connectivity index (χ4v) is 8.19. The van der Waals surface area contributed by atoms with Crippen LogP contribution < -0.4 is 5.32 Å². The highest BCUT2D eigenvalue weighted by molar-refractivity contribution is 5.76. The van der Waals surface area contributed by atoms with Crippen LogP contribution in [0.3, 0.4) is 0 Å². The van der Waals surface area contributed by atoms with Crippen LogP contribution in [0, 0.1) is 0 Å². The molecule has 1 rings (SSSR count). The highest BCUT2D eigenvalue weighted by Gasteiger charge is 2.44. The van der Waals surface area contributed by atoms with E-state index in [1.165, 1.54) is 167 Å². The summed E-state index contributed by atoms with van der Waals surface area (Å²) in [5.41, 5.74) is 0. The molecule has 1 fully saturated rings. The van der Waals surface area contributed by atoms with E-state index in [0.29, 0.717) is 12.8 Å².